The van der Waals surface area contributed by atoms with E-state index in [1.807, 2.05) is 11.3 Å². The van der Waals surface area contributed by atoms with Crippen molar-refractivity contribution in [1.29, 1.82) is 0 Å². The van der Waals surface area contributed by atoms with E-state index in [4.69, 9.17) is 0 Å². The average molecular weight is 743 g/mol. The molecule has 0 saturated heterocycles. The third-order valence-electron chi connectivity index (χ3n) is 11.7. The molecule has 0 amide bonds. The van der Waals surface area contributed by atoms with E-state index in [-0.39, 0.29) is 0 Å². The van der Waals surface area contributed by atoms with Crippen molar-refractivity contribution in [3.8, 4) is 44.8 Å². The molecule has 0 aliphatic heterocycles. The molecule has 0 aliphatic rings. The molecule has 0 aliphatic carbocycles. The predicted molar refractivity (Wildman–Crippen MR) is 244 cm³/mol. The quantitative estimate of drug-likeness (QED) is 0.166. The third kappa shape index (κ3) is 5.03. The largest absolute Gasteiger partial charge is 0.309 e. The standard InChI is InChI=1S/C54H34N2S/c1-3-13-35(14-4-1)36-25-28-51-47(32-36)48-34-38(27-30-52(48)55(51)40-16-5-2-6-17-40)37-26-29-50-46(33-37)43-19-7-9-23-49(43)56(50)41-18-11-15-39(31-41)42-21-12-22-45-44-20-8-10-24-53(44)57-54(42)45/h1-34H. The lowest BCUT2D eigenvalue weighted by atomic mass is 9.99. The Morgan fingerprint density at radius 3 is 1.49 bits per heavy atom. The molecule has 9 aromatic carbocycles. The van der Waals surface area contributed by atoms with Crippen molar-refractivity contribution in [2.24, 2.45) is 0 Å². The van der Waals surface area contributed by atoms with Gasteiger partial charge in [-0.2, -0.15) is 0 Å². The Kier molecular flexibility index (Phi) is 7.13. The summed E-state index contributed by atoms with van der Waals surface area (Å²) in [5.74, 6) is 0. The maximum atomic E-state index is 2.44. The van der Waals surface area contributed by atoms with E-state index in [1.165, 1.54) is 97.2 Å². The summed E-state index contributed by atoms with van der Waals surface area (Å²) < 4.78 is 7.50. The van der Waals surface area contributed by atoms with Gasteiger partial charge >= 0.3 is 0 Å². The molecule has 0 spiro atoms. The second-order valence-electron chi connectivity index (χ2n) is 14.9. The van der Waals surface area contributed by atoms with Gasteiger partial charge in [-0.3, -0.25) is 0 Å². The van der Waals surface area contributed by atoms with Crippen LogP contribution in [0.2, 0.25) is 0 Å². The van der Waals surface area contributed by atoms with Crippen LogP contribution in [-0.2, 0) is 0 Å². The minimum absolute atomic E-state index is 1.16. The van der Waals surface area contributed by atoms with Gasteiger partial charge in [0, 0.05) is 53.1 Å². The number of benzene rings is 9. The van der Waals surface area contributed by atoms with Gasteiger partial charge in [0.05, 0.1) is 22.1 Å². The molecule has 2 nitrogen and oxygen atoms in total. The van der Waals surface area contributed by atoms with Gasteiger partial charge in [0.25, 0.3) is 0 Å². The highest BCUT2D eigenvalue weighted by molar-refractivity contribution is 7.26. The van der Waals surface area contributed by atoms with Crippen molar-refractivity contribution in [3.63, 3.8) is 0 Å². The molecule has 0 unspecified atom stereocenters. The SMILES string of the molecule is c1ccc(-c2ccc3c(c2)c2cc(-c4ccc5c(c4)c4ccccc4n5-c4cccc(-c5cccc6c5sc5ccccc56)c4)ccc2n3-c2ccccc2)cc1. The van der Waals surface area contributed by atoms with E-state index in [1.54, 1.807) is 0 Å². The Labute approximate surface area is 333 Å². The van der Waals surface area contributed by atoms with Crippen molar-refractivity contribution in [2.75, 3.05) is 0 Å². The molecular weight excluding hydrogens is 709 g/mol. The number of rotatable bonds is 5. The molecule has 3 aromatic heterocycles. The highest BCUT2D eigenvalue weighted by Gasteiger charge is 2.18. The predicted octanol–water partition coefficient (Wildman–Crippen LogP) is 15.2. The first-order valence-corrected chi connectivity index (χ1v) is 20.3. The van der Waals surface area contributed by atoms with E-state index >= 15 is 0 Å². The molecule has 266 valence electrons. The first-order chi connectivity index (χ1) is 28.3. The van der Waals surface area contributed by atoms with Crippen LogP contribution in [0.1, 0.15) is 0 Å². The molecule has 3 heterocycles. The summed E-state index contributed by atoms with van der Waals surface area (Å²) in [6.45, 7) is 0. The molecular formula is C54H34N2S. The van der Waals surface area contributed by atoms with Crippen LogP contribution < -0.4 is 0 Å². The molecule has 0 N–H and O–H groups in total. The average Bonchev–Trinajstić information content (AvgIpc) is 3.94. The van der Waals surface area contributed by atoms with Crippen LogP contribution in [0.25, 0.3) is 109 Å². The molecule has 0 fully saturated rings. The van der Waals surface area contributed by atoms with E-state index < -0.39 is 0 Å². The molecule has 0 saturated carbocycles. The fourth-order valence-electron chi connectivity index (χ4n) is 9.09. The summed E-state index contributed by atoms with van der Waals surface area (Å²) in [6, 6.07) is 75.6. The number of para-hydroxylation sites is 2. The van der Waals surface area contributed by atoms with Crippen molar-refractivity contribution >= 4 is 75.1 Å². The zero-order valence-corrected chi connectivity index (χ0v) is 31.7. The van der Waals surface area contributed by atoms with Crippen LogP contribution in [0.5, 0.6) is 0 Å². The van der Waals surface area contributed by atoms with Crippen LogP contribution in [0.4, 0.5) is 0 Å². The maximum absolute atomic E-state index is 2.44. The molecule has 12 aromatic rings. The van der Waals surface area contributed by atoms with Gasteiger partial charge in [-0.1, -0.05) is 133 Å². The maximum Gasteiger partial charge on any atom is 0.0541 e. The summed E-state index contributed by atoms with van der Waals surface area (Å²) >= 11 is 1.88. The summed E-state index contributed by atoms with van der Waals surface area (Å²) in [7, 11) is 0. The minimum Gasteiger partial charge on any atom is -0.309 e. The number of nitrogens with zero attached hydrogens (tertiary/aromatic N) is 2. The lowest BCUT2D eigenvalue weighted by Crippen LogP contribution is -1.94. The van der Waals surface area contributed by atoms with E-state index in [2.05, 4.69) is 215 Å². The fourth-order valence-corrected chi connectivity index (χ4v) is 10.3. The second-order valence-corrected chi connectivity index (χ2v) is 16.0. The summed E-state index contributed by atoms with van der Waals surface area (Å²) in [5, 5.41) is 7.64. The van der Waals surface area contributed by atoms with Gasteiger partial charge in [0.2, 0.25) is 0 Å². The minimum atomic E-state index is 1.16. The second kappa shape index (κ2) is 12.7. The zero-order valence-electron chi connectivity index (χ0n) is 30.9. The van der Waals surface area contributed by atoms with Crippen LogP contribution in [-0.4, -0.2) is 9.13 Å². The van der Waals surface area contributed by atoms with Crippen LogP contribution in [0.3, 0.4) is 0 Å². The number of hydrogen-bond donors (Lipinski definition) is 0. The van der Waals surface area contributed by atoms with Gasteiger partial charge in [-0.25, -0.2) is 0 Å². The Hall–Kier alpha value is -7.20. The lowest BCUT2D eigenvalue weighted by Gasteiger charge is -2.11. The molecule has 12 rings (SSSR count). The van der Waals surface area contributed by atoms with E-state index in [0.717, 1.165) is 11.4 Å². The van der Waals surface area contributed by atoms with Crippen LogP contribution in [0, 0.1) is 0 Å². The Morgan fingerprint density at radius 2 is 0.772 bits per heavy atom. The van der Waals surface area contributed by atoms with Crippen molar-refractivity contribution < 1.29 is 0 Å². The van der Waals surface area contributed by atoms with Crippen molar-refractivity contribution in [2.45, 2.75) is 0 Å². The topological polar surface area (TPSA) is 9.86 Å². The Morgan fingerprint density at radius 1 is 0.281 bits per heavy atom. The summed E-state index contributed by atoms with van der Waals surface area (Å²) in [4.78, 5) is 0. The summed E-state index contributed by atoms with van der Waals surface area (Å²) in [6.07, 6.45) is 0. The van der Waals surface area contributed by atoms with Gasteiger partial charge in [0.1, 0.15) is 0 Å². The molecule has 0 radical (unpaired) electrons. The van der Waals surface area contributed by atoms with Crippen molar-refractivity contribution in [1.82, 2.24) is 9.13 Å². The van der Waals surface area contributed by atoms with Gasteiger partial charge in [-0.05, 0) is 106 Å². The number of fused-ring (bicyclic) bond motifs is 9. The first kappa shape index (κ1) is 32.1. The zero-order chi connectivity index (χ0) is 37.5. The normalized spacial score (nSPS) is 11.9. The molecule has 3 heteroatoms. The van der Waals surface area contributed by atoms with Gasteiger partial charge in [-0.15, -0.1) is 11.3 Å². The molecule has 57 heavy (non-hydrogen) atoms. The van der Waals surface area contributed by atoms with E-state index in [0.29, 0.717) is 0 Å². The number of hydrogen-bond acceptors (Lipinski definition) is 1. The summed E-state index contributed by atoms with van der Waals surface area (Å²) in [5.41, 5.74) is 14.5. The van der Waals surface area contributed by atoms with E-state index in [9.17, 15) is 0 Å². The third-order valence-corrected chi connectivity index (χ3v) is 12.9. The Bertz CT molecular complexity index is 3510. The molecule has 0 bridgehead atoms. The fraction of sp³-hybridized carbons (Fsp3) is 0. The van der Waals surface area contributed by atoms with Gasteiger partial charge < -0.3 is 9.13 Å². The number of aromatic nitrogens is 2. The monoisotopic (exact) mass is 742 g/mol. The van der Waals surface area contributed by atoms with Gasteiger partial charge in [0.15, 0.2) is 0 Å². The van der Waals surface area contributed by atoms with Crippen molar-refractivity contribution in [3.05, 3.63) is 206 Å². The highest BCUT2D eigenvalue weighted by Crippen LogP contribution is 2.42. The number of thiophene rings is 1. The Balaban J connectivity index is 1.02. The van der Waals surface area contributed by atoms with Crippen LogP contribution >= 0.6 is 11.3 Å². The lowest BCUT2D eigenvalue weighted by molar-refractivity contribution is 1.18. The van der Waals surface area contributed by atoms with Crippen LogP contribution in [0.15, 0.2) is 206 Å². The molecule has 0 atom stereocenters. The smallest absolute Gasteiger partial charge is 0.0541 e. The first-order valence-electron chi connectivity index (χ1n) is 19.5. The highest BCUT2D eigenvalue weighted by atomic mass is 32.1.